The number of pyridine rings is 1. The Morgan fingerprint density at radius 3 is 3.12 bits per heavy atom. The molecule has 0 aliphatic carbocycles. The number of piperidine rings is 1. The minimum atomic E-state index is 0.453. The number of ether oxygens (including phenoxy) is 1. The molecule has 1 fully saturated rings. The van der Waals surface area contributed by atoms with Crippen LogP contribution in [0.25, 0.3) is 0 Å². The molecule has 5 heteroatoms. The quantitative estimate of drug-likeness (QED) is 0.842. The van der Waals surface area contributed by atoms with Crippen molar-refractivity contribution in [3.05, 3.63) is 17.3 Å². The minimum absolute atomic E-state index is 0.453. The van der Waals surface area contributed by atoms with Crippen molar-refractivity contribution in [2.75, 3.05) is 37.4 Å². The van der Waals surface area contributed by atoms with Crippen molar-refractivity contribution >= 4 is 23.1 Å². The maximum atomic E-state index is 5.92. The van der Waals surface area contributed by atoms with E-state index in [-0.39, 0.29) is 0 Å². The summed E-state index contributed by atoms with van der Waals surface area (Å²) in [7, 11) is 1.74. The molecule has 1 unspecified atom stereocenters. The highest BCUT2D eigenvalue weighted by molar-refractivity contribution is 6.29. The molecule has 1 aliphatic rings. The third-order valence-corrected chi connectivity index (χ3v) is 3.24. The zero-order valence-electron chi connectivity index (χ0n) is 10.0. The molecule has 1 aromatic rings. The second kappa shape index (κ2) is 5.56. The van der Waals surface area contributed by atoms with Crippen molar-refractivity contribution in [1.29, 1.82) is 0 Å². The Balaban J connectivity index is 2.10. The number of methoxy groups -OCH3 is 1. The van der Waals surface area contributed by atoms with Crippen molar-refractivity contribution < 1.29 is 4.74 Å². The summed E-state index contributed by atoms with van der Waals surface area (Å²) in [6.45, 7) is 2.76. The average molecular weight is 256 g/mol. The van der Waals surface area contributed by atoms with Crippen molar-refractivity contribution in [3.63, 3.8) is 0 Å². The number of halogens is 1. The summed E-state index contributed by atoms with van der Waals surface area (Å²) < 4.78 is 5.22. The van der Waals surface area contributed by atoms with Crippen molar-refractivity contribution in [3.8, 4) is 0 Å². The first-order valence-electron chi connectivity index (χ1n) is 5.86. The first-order valence-corrected chi connectivity index (χ1v) is 6.24. The van der Waals surface area contributed by atoms with E-state index in [1.807, 2.05) is 6.07 Å². The Morgan fingerprint density at radius 1 is 1.59 bits per heavy atom. The predicted molar refractivity (Wildman–Crippen MR) is 70.5 cm³/mol. The smallest absolute Gasteiger partial charge is 0.133 e. The Morgan fingerprint density at radius 2 is 2.41 bits per heavy atom. The van der Waals surface area contributed by atoms with E-state index < -0.39 is 0 Å². The Kier molecular flexibility index (Phi) is 4.07. The molecule has 1 atom stereocenters. The summed E-state index contributed by atoms with van der Waals surface area (Å²) in [5.74, 6) is 1.44. The van der Waals surface area contributed by atoms with Gasteiger partial charge < -0.3 is 15.4 Å². The number of nitrogen functional groups attached to an aromatic ring is 1. The maximum Gasteiger partial charge on any atom is 0.133 e. The van der Waals surface area contributed by atoms with Crippen molar-refractivity contribution in [2.24, 2.45) is 5.92 Å². The van der Waals surface area contributed by atoms with Gasteiger partial charge in [0.1, 0.15) is 11.0 Å². The zero-order chi connectivity index (χ0) is 12.3. The summed E-state index contributed by atoms with van der Waals surface area (Å²) in [4.78, 5) is 6.55. The van der Waals surface area contributed by atoms with Gasteiger partial charge in [0.05, 0.1) is 6.61 Å². The van der Waals surface area contributed by atoms with Gasteiger partial charge in [0.25, 0.3) is 0 Å². The number of anilines is 2. The van der Waals surface area contributed by atoms with Crippen LogP contribution >= 0.6 is 11.6 Å². The van der Waals surface area contributed by atoms with Gasteiger partial charge in [-0.25, -0.2) is 4.98 Å². The van der Waals surface area contributed by atoms with Crippen LogP contribution in [0.15, 0.2) is 12.1 Å². The molecule has 17 heavy (non-hydrogen) atoms. The van der Waals surface area contributed by atoms with E-state index in [2.05, 4.69) is 9.88 Å². The maximum absolute atomic E-state index is 5.92. The zero-order valence-corrected chi connectivity index (χ0v) is 10.8. The van der Waals surface area contributed by atoms with Crippen LogP contribution in [0.5, 0.6) is 0 Å². The third kappa shape index (κ3) is 3.23. The Labute approximate surface area is 107 Å². The molecular weight excluding hydrogens is 238 g/mol. The molecule has 0 aromatic carbocycles. The first-order chi connectivity index (χ1) is 8.19. The second-order valence-electron chi connectivity index (χ2n) is 4.49. The van der Waals surface area contributed by atoms with Crippen LogP contribution in [0.3, 0.4) is 0 Å². The number of hydrogen-bond acceptors (Lipinski definition) is 4. The third-order valence-electron chi connectivity index (χ3n) is 3.05. The van der Waals surface area contributed by atoms with Crippen LogP contribution < -0.4 is 10.6 Å². The van der Waals surface area contributed by atoms with Crippen LogP contribution in [0, 0.1) is 5.92 Å². The highest BCUT2D eigenvalue weighted by atomic mass is 35.5. The van der Waals surface area contributed by atoms with Crippen molar-refractivity contribution in [1.82, 2.24) is 4.98 Å². The lowest BCUT2D eigenvalue weighted by Crippen LogP contribution is -2.37. The number of nitrogens with two attached hydrogens (primary N) is 1. The molecule has 0 radical (unpaired) electrons. The second-order valence-corrected chi connectivity index (χ2v) is 4.88. The SMILES string of the molecule is COCC1CCCN(c2cc(N)cc(Cl)n2)C1. The molecule has 1 saturated heterocycles. The standard InChI is InChI=1S/C12H18ClN3O/c1-17-8-9-3-2-4-16(7-9)12-6-10(14)5-11(13)15-12/h5-6,9H,2-4,7-8H2,1H3,(H2,14,15). The Hall–Kier alpha value is -1.00. The number of hydrogen-bond donors (Lipinski definition) is 1. The molecule has 2 N–H and O–H groups in total. The van der Waals surface area contributed by atoms with Gasteiger partial charge in [0, 0.05) is 32.0 Å². The largest absolute Gasteiger partial charge is 0.399 e. The summed E-state index contributed by atoms with van der Waals surface area (Å²) in [6.07, 6.45) is 2.36. The minimum Gasteiger partial charge on any atom is -0.399 e. The van der Waals surface area contributed by atoms with Crippen LogP contribution in [0.4, 0.5) is 11.5 Å². The van der Waals surface area contributed by atoms with Gasteiger partial charge in [-0.3, -0.25) is 0 Å². The number of aromatic nitrogens is 1. The summed E-state index contributed by atoms with van der Waals surface area (Å²) in [6, 6.07) is 3.54. The van der Waals surface area contributed by atoms with Gasteiger partial charge in [-0.05, 0) is 24.8 Å². The molecule has 1 aromatic heterocycles. The monoisotopic (exact) mass is 255 g/mol. The molecule has 2 rings (SSSR count). The summed E-state index contributed by atoms with van der Waals surface area (Å²) >= 11 is 5.92. The molecule has 1 aliphatic heterocycles. The van der Waals surface area contributed by atoms with E-state index in [9.17, 15) is 0 Å². The van der Waals surface area contributed by atoms with Gasteiger partial charge in [0.15, 0.2) is 0 Å². The Bertz CT molecular complexity index is 364. The van der Waals surface area contributed by atoms with Crippen molar-refractivity contribution in [2.45, 2.75) is 12.8 Å². The first kappa shape index (κ1) is 12.5. The summed E-state index contributed by atoms with van der Waals surface area (Å²) in [5, 5.41) is 0.453. The molecular formula is C12H18ClN3O. The van der Waals surface area contributed by atoms with Crippen LogP contribution in [0.1, 0.15) is 12.8 Å². The number of rotatable bonds is 3. The molecule has 0 bridgehead atoms. The van der Waals surface area contributed by atoms with E-state index in [0.29, 0.717) is 16.8 Å². The highest BCUT2D eigenvalue weighted by Gasteiger charge is 2.21. The van der Waals surface area contributed by atoms with E-state index >= 15 is 0 Å². The molecule has 2 heterocycles. The molecule has 4 nitrogen and oxygen atoms in total. The predicted octanol–water partition coefficient (Wildman–Crippen LogP) is 2.18. The molecule has 0 spiro atoms. The lowest BCUT2D eigenvalue weighted by Gasteiger charge is -2.33. The van der Waals surface area contributed by atoms with E-state index in [4.69, 9.17) is 22.1 Å². The fourth-order valence-corrected chi connectivity index (χ4v) is 2.52. The lowest BCUT2D eigenvalue weighted by atomic mass is 9.99. The van der Waals surface area contributed by atoms with Gasteiger partial charge in [-0.1, -0.05) is 11.6 Å². The molecule has 0 saturated carbocycles. The fraction of sp³-hybridized carbons (Fsp3) is 0.583. The van der Waals surface area contributed by atoms with E-state index in [0.717, 1.165) is 31.9 Å². The van der Waals surface area contributed by atoms with Gasteiger partial charge in [-0.2, -0.15) is 0 Å². The normalized spacial score (nSPS) is 20.6. The van der Waals surface area contributed by atoms with E-state index in [1.54, 1.807) is 13.2 Å². The highest BCUT2D eigenvalue weighted by Crippen LogP contribution is 2.25. The van der Waals surface area contributed by atoms with E-state index in [1.165, 1.54) is 6.42 Å². The summed E-state index contributed by atoms with van der Waals surface area (Å²) in [5.41, 5.74) is 6.44. The van der Waals surface area contributed by atoms with Gasteiger partial charge >= 0.3 is 0 Å². The fourth-order valence-electron chi connectivity index (χ4n) is 2.31. The number of nitrogens with zero attached hydrogens (tertiary/aromatic N) is 2. The van der Waals surface area contributed by atoms with Crippen LogP contribution in [-0.2, 0) is 4.74 Å². The topological polar surface area (TPSA) is 51.4 Å². The average Bonchev–Trinajstić information content (AvgIpc) is 2.28. The van der Waals surface area contributed by atoms with Gasteiger partial charge in [0.2, 0.25) is 0 Å². The van der Waals surface area contributed by atoms with Gasteiger partial charge in [-0.15, -0.1) is 0 Å². The van der Waals surface area contributed by atoms with Crippen LogP contribution in [-0.4, -0.2) is 31.8 Å². The molecule has 94 valence electrons. The molecule has 0 amide bonds. The van der Waals surface area contributed by atoms with Crippen LogP contribution in [0.2, 0.25) is 5.15 Å². The lowest BCUT2D eigenvalue weighted by molar-refractivity contribution is 0.143.